The molecule has 0 bridgehead atoms. The summed E-state index contributed by atoms with van der Waals surface area (Å²) >= 11 is 0. The van der Waals surface area contributed by atoms with Crippen LogP contribution in [0.15, 0.2) is 28.8 Å². The molecule has 1 aliphatic rings. The number of halogens is 1. The number of hydrogen-bond donors (Lipinski definition) is 0. The first-order valence-corrected chi connectivity index (χ1v) is 8.14. The van der Waals surface area contributed by atoms with E-state index in [-0.39, 0.29) is 19.1 Å². The lowest BCUT2D eigenvalue weighted by Gasteiger charge is -2.22. The normalized spacial score (nSPS) is 18.0. The van der Waals surface area contributed by atoms with E-state index in [1.807, 2.05) is 0 Å². The highest BCUT2D eigenvalue weighted by Crippen LogP contribution is 2.16. The van der Waals surface area contributed by atoms with Crippen molar-refractivity contribution in [3.05, 3.63) is 41.5 Å². The topological polar surface area (TPSA) is 77.7 Å². The van der Waals surface area contributed by atoms with Crippen LogP contribution in [-0.4, -0.2) is 53.4 Å². The Morgan fingerprint density at radius 2 is 2.20 bits per heavy atom. The van der Waals surface area contributed by atoms with Gasteiger partial charge in [0.15, 0.2) is 6.61 Å². The third kappa shape index (κ3) is 4.54. The zero-order chi connectivity index (χ0) is 17.6. The van der Waals surface area contributed by atoms with Gasteiger partial charge in [-0.25, -0.2) is 4.39 Å². The maximum absolute atomic E-state index is 12.9. The molecule has 0 N–H and O–H groups in total. The summed E-state index contributed by atoms with van der Waals surface area (Å²) in [5.41, 5.74) is 0.530. The molecular weight excluding hydrogens is 329 g/mol. The summed E-state index contributed by atoms with van der Waals surface area (Å²) in [6.07, 6.45) is 0.153. The third-order valence-corrected chi connectivity index (χ3v) is 3.85. The number of carbonyl (C=O) groups excluding carboxylic acids is 1. The number of nitrogens with zero attached hydrogens (tertiary/aromatic N) is 3. The number of benzene rings is 1. The van der Waals surface area contributed by atoms with Crippen molar-refractivity contribution >= 4 is 5.91 Å². The molecule has 1 atom stereocenters. The number of rotatable bonds is 5. The van der Waals surface area contributed by atoms with E-state index in [2.05, 4.69) is 10.1 Å². The van der Waals surface area contributed by atoms with Gasteiger partial charge in [0.25, 0.3) is 5.91 Å². The zero-order valence-electron chi connectivity index (χ0n) is 14.0. The van der Waals surface area contributed by atoms with Gasteiger partial charge in [0.1, 0.15) is 18.5 Å². The van der Waals surface area contributed by atoms with Gasteiger partial charge < -0.3 is 18.9 Å². The molecule has 1 fully saturated rings. The van der Waals surface area contributed by atoms with Crippen molar-refractivity contribution in [1.29, 1.82) is 0 Å². The molecule has 1 unspecified atom stereocenters. The largest absolute Gasteiger partial charge is 0.485 e. The van der Waals surface area contributed by atoms with Crippen LogP contribution >= 0.6 is 0 Å². The summed E-state index contributed by atoms with van der Waals surface area (Å²) in [4.78, 5) is 18.3. The second kappa shape index (κ2) is 8.06. The fourth-order valence-corrected chi connectivity index (χ4v) is 2.60. The van der Waals surface area contributed by atoms with Crippen molar-refractivity contribution in [2.24, 2.45) is 0 Å². The van der Waals surface area contributed by atoms with E-state index in [0.29, 0.717) is 42.6 Å². The molecular formula is C17H20FN3O4. The quantitative estimate of drug-likeness (QED) is 0.823. The average Bonchev–Trinajstić information content (AvgIpc) is 2.91. The molecule has 134 valence electrons. The number of hydrogen-bond acceptors (Lipinski definition) is 6. The molecule has 25 heavy (non-hydrogen) atoms. The molecule has 0 aliphatic carbocycles. The van der Waals surface area contributed by atoms with Crippen LogP contribution in [0.2, 0.25) is 0 Å². The van der Waals surface area contributed by atoms with Crippen LogP contribution in [0.25, 0.3) is 0 Å². The number of aryl methyl sites for hydroxylation is 1. The summed E-state index contributed by atoms with van der Waals surface area (Å²) in [6.45, 7) is 2.60. The molecule has 1 amide bonds. The van der Waals surface area contributed by atoms with Crippen LogP contribution in [-0.2, 0) is 11.3 Å². The third-order valence-electron chi connectivity index (χ3n) is 3.85. The lowest BCUT2D eigenvalue weighted by atomic mass is 10.1. The van der Waals surface area contributed by atoms with Crippen molar-refractivity contribution in [3.8, 4) is 5.75 Å². The van der Waals surface area contributed by atoms with E-state index in [4.69, 9.17) is 14.0 Å². The van der Waals surface area contributed by atoms with Gasteiger partial charge in [-0.3, -0.25) is 4.79 Å². The van der Waals surface area contributed by atoms with Gasteiger partial charge >= 0.3 is 0 Å². The Kier molecular flexibility index (Phi) is 5.60. The van der Waals surface area contributed by atoms with Crippen LogP contribution in [0.3, 0.4) is 0 Å². The first-order valence-electron chi connectivity index (χ1n) is 8.14. The van der Waals surface area contributed by atoms with Crippen LogP contribution in [0, 0.1) is 6.92 Å². The molecule has 1 saturated heterocycles. The minimum Gasteiger partial charge on any atom is -0.485 e. The molecule has 1 aromatic heterocycles. The first-order chi connectivity index (χ1) is 12.2. The van der Waals surface area contributed by atoms with Crippen molar-refractivity contribution in [3.63, 3.8) is 0 Å². The van der Waals surface area contributed by atoms with Crippen molar-refractivity contribution in [2.45, 2.75) is 26.1 Å². The summed E-state index contributed by atoms with van der Waals surface area (Å²) in [6, 6.07) is 6.80. The second-order valence-corrected chi connectivity index (χ2v) is 5.79. The highest BCUT2D eigenvalue weighted by Gasteiger charge is 2.23. The zero-order valence-corrected chi connectivity index (χ0v) is 14.0. The minimum atomic E-state index is -0.591. The van der Waals surface area contributed by atoms with E-state index in [0.717, 1.165) is 0 Å². The van der Waals surface area contributed by atoms with Crippen molar-refractivity contribution in [2.75, 3.05) is 26.4 Å². The van der Waals surface area contributed by atoms with E-state index in [1.54, 1.807) is 36.1 Å². The van der Waals surface area contributed by atoms with Gasteiger partial charge in [0, 0.05) is 32.2 Å². The maximum atomic E-state index is 12.9. The van der Waals surface area contributed by atoms with E-state index in [1.165, 1.54) is 0 Å². The Hall–Kier alpha value is -2.48. The molecule has 2 heterocycles. The SMILES string of the molecule is Cc1nc(COc2ccc(C(=O)N3CCCOC(CF)C3)cc2)no1. The standard InChI is InChI=1S/C17H20FN3O4/c1-12-19-16(20-25-12)11-24-14-5-3-13(4-6-14)17(22)21-7-2-8-23-15(9-18)10-21/h3-6,15H,2,7-11H2,1H3. The fourth-order valence-electron chi connectivity index (χ4n) is 2.60. The Balaban J connectivity index is 1.59. The van der Waals surface area contributed by atoms with Crippen LogP contribution in [0.5, 0.6) is 5.75 Å². The van der Waals surface area contributed by atoms with Gasteiger partial charge in [-0.1, -0.05) is 5.16 Å². The van der Waals surface area contributed by atoms with Gasteiger partial charge in [0.2, 0.25) is 11.7 Å². The lowest BCUT2D eigenvalue weighted by molar-refractivity contribution is 0.0342. The fraction of sp³-hybridized carbons (Fsp3) is 0.471. The summed E-state index contributed by atoms with van der Waals surface area (Å²) in [5, 5.41) is 3.75. The van der Waals surface area contributed by atoms with Crippen LogP contribution < -0.4 is 4.74 Å². The summed E-state index contributed by atoms with van der Waals surface area (Å²) in [7, 11) is 0. The van der Waals surface area contributed by atoms with Crippen molar-refractivity contribution in [1.82, 2.24) is 15.0 Å². The average molecular weight is 349 g/mol. The minimum absolute atomic E-state index is 0.135. The summed E-state index contributed by atoms with van der Waals surface area (Å²) < 4.78 is 28.7. The molecule has 0 saturated carbocycles. The highest BCUT2D eigenvalue weighted by molar-refractivity contribution is 5.94. The molecule has 0 radical (unpaired) electrons. The predicted octanol–water partition coefficient (Wildman–Crippen LogP) is 2.16. The number of alkyl halides is 1. The number of amides is 1. The Morgan fingerprint density at radius 3 is 2.88 bits per heavy atom. The Labute approximate surface area is 144 Å². The van der Waals surface area contributed by atoms with Gasteiger partial charge in [-0.15, -0.1) is 0 Å². The second-order valence-electron chi connectivity index (χ2n) is 5.79. The van der Waals surface area contributed by atoms with Gasteiger partial charge in [0.05, 0.1) is 0 Å². The first kappa shape index (κ1) is 17.3. The predicted molar refractivity (Wildman–Crippen MR) is 86.0 cm³/mol. The van der Waals surface area contributed by atoms with Gasteiger partial charge in [-0.05, 0) is 30.7 Å². The number of carbonyl (C=O) groups is 1. The molecule has 8 heteroatoms. The highest BCUT2D eigenvalue weighted by atomic mass is 19.1. The molecule has 3 rings (SSSR count). The maximum Gasteiger partial charge on any atom is 0.253 e. The Morgan fingerprint density at radius 1 is 1.40 bits per heavy atom. The molecule has 1 aliphatic heterocycles. The monoisotopic (exact) mass is 349 g/mol. The van der Waals surface area contributed by atoms with Crippen molar-refractivity contribution < 1.29 is 23.2 Å². The lowest BCUT2D eigenvalue weighted by Crippen LogP contribution is -2.37. The smallest absolute Gasteiger partial charge is 0.253 e. The van der Waals surface area contributed by atoms with E-state index < -0.39 is 12.8 Å². The van der Waals surface area contributed by atoms with Crippen LogP contribution in [0.4, 0.5) is 4.39 Å². The van der Waals surface area contributed by atoms with Crippen LogP contribution in [0.1, 0.15) is 28.5 Å². The molecule has 1 aromatic carbocycles. The molecule has 0 spiro atoms. The van der Waals surface area contributed by atoms with E-state index in [9.17, 15) is 9.18 Å². The number of ether oxygens (including phenoxy) is 2. The van der Waals surface area contributed by atoms with Gasteiger partial charge in [-0.2, -0.15) is 4.98 Å². The Bertz CT molecular complexity index is 704. The summed E-state index contributed by atoms with van der Waals surface area (Å²) in [5.74, 6) is 1.40. The molecule has 7 nitrogen and oxygen atoms in total. The van der Waals surface area contributed by atoms with E-state index >= 15 is 0 Å². The number of aromatic nitrogens is 2. The molecule has 2 aromatic rings.